The van der Waals surface area contributed by atoms with E-state index in [4.69, 9.17) is 32.7 Å². The lowest BCUT2D eigenvalue weighted by atomic mass is 10.0. The quantitative estimate of drug-likeness (QED) is 0.127. The highest BCUT2D eigenvalue weighted by molar-refractivity contribution is 7.89. The molecule has 3 aromatic carbocycles. The van der Waals surface area contributed by atoms with Crippen LogP contribution in [0.1, 0.15) is 46.6 Å². The van der Waals surface area contributed by atoms with Crippen molar-refractivity contribution in [2.75, 3.05) is 70.9 Å². The summed E-state index contributed by atoms with van der Waals surface area (Å²) in [6.45, 7) is 9.65. The first kappa shape index (κ1) is 55.9. The molecular formula is C46H62Cl2N8O12S. The number of alkyl carbamates (subject to hydrolysis) is 1. The highest BCUT2D eigenvalue weighted by Crippen LogP contribution is 2.25. The SMILES string of the molecule is CC(C)(C)OC(=O)N[C@@H](CO)C(=O)N1CCN(C(=O)OCc2ccccc2)CC1.CC(C)C[C@H](NC(=O)Nc1ccccc1)C(=O)N1CCN(C(=O)[C@H](CO)NS(=O)(=O)c2ccc(Cl)cc2Cl)CC1. The number of nitrogens with one attached hydrogen (secondary N) is 4. The van der Waals surface area contributed by atoms with Crippen LogP contribution in [0.15, 0.2) is 83.8 Å². The summed E-state index contributed by atoms with van der Waals surface area (Å²) >= 11 is 11.8. The highest BCUT2D eigenvalue weighted by Gasteiger charge is 2.35. The maximum Gasteiger partial charge on any atom is 0.410 e. The minimum absolute atomic E-state index is 0.120. The number of hydrogen-bond acceptors (Lipinski definition) is 12. The minimum Gasteiger partial charge on any atom is -0.445 e. The summed E-state index contributed by atoms with van der Waals surface area (Å²) in [5.41, 5.74) is 0.780. The fourth-order valence-electron chi connectivity index (χ4n) is 7.01. The molecule has 0 spiro atoms. The van der Waals surface area contributed by atoms with Gasteiger partial charge in [-0.3, -0.25) is 14.4 Å². The van der Waals surface area contributed by atoms with Gasteiger partial charge in [0.1, 0.15) is 35.2 Å². The fourth-order valence-corrected chi connectivity index (χ4v) is 8.97. The Morgan fingerprint density at radius 1 is 0.681 bits per heavy atom. The van der Waals surface area contributed by atoms with E-state index in [9.17, 15) is 47.4 Å². The number of nitrogens with zero attached hydrogens (tertiary/aromatic N) is 4. The van der Waals surface area contributed by atoms with Gasteiger partial charge in [-0.1, -0.05) is 85.6 Å². The predicted molar refractivity (Wildman–Crippen MR) is 258 cm³/mol. The Bertz CT molecular complexity index is 2310. The molecule has 0 aromatic heterocycles. The van der Waals surface area contributed by atoms with Gasteiger partial charge >= 0.3 is 18.2 Å². The second kappa shape index (κ2) is 26.3. The minimum atomic E-state index is -4.24. The number of halogens is 2. The van der Waals surface area contributed by atoms with Gasteiger partial charge in [-0.05, 0) is 69.0 Å². The van der Waals surface area contributed by atoms with Crippen molar-refractivity contribution in [3.8, 4) is 0 Å². The van der Waals surface area contributed by atoms with Gasteiger partial charge < -0.3 is 55.2 Å². The largest absolute Gasteiger partial charge is 0.445 e. The molecule has 0 unspecified atom stereocenters. The lowest BCUT2D eigenvalue weighted by Gasteiger charge is -2.38. The molecule has 0 bridgehead atoms. The lowest BCUT2D eigenvalue weighted by Crippen LogP contribution is -2.59. The summed E-state index contributed by atoms with van der Waals surface area (Å²) < 4.78 is 38.3. The molecule has 2 heterocycles. The molecule has 2 aliphatic rings. The number of rotatable bonds is 15. The molecular weight excluding hydrogens is 960 g/mol. The molecule has 3 atom stereocenters. The number of benzene rings is 3. The molecule has 2 saturated heterocycles. The van der Waals surface area contributed by atoms with E-state index in [0.29, 0.717) is 25.2 Å². The van der Waals surface area contributed by atoms with E-state index in [2.05, 4.69) is 20.7 Å². The van der Waals surface area contributed by atoms with Crippen LogP contribution in [-0.4, -0.2) is 163 Å². The van der Waals surface area contributed by atoms with Gasteiger partial charge in [0.15, 0.2) is 0 Å². The van der Waals surface area contributed by atoms with Crippen LogP contribution in [0.5, 0.6) is 0 Å². The molecule has 2 fully saturated rings. The lowest BCUT2D eigenvalue weighted by molar-refractivity contribution is -0.142. The molecule has 0 radical (unpaired) electrons. The molecule has 378 valence electrons. The van der Waals surface area contributed by atoms with Crippen LogP contribution in [0.25, 0.3) is 0 Å². The standard InChI is InChI=1S/C26H33Cl2N5O6S.C20H29N3O6/c1-17(2)14-21(30-26(37)29-19-6-4-3-5-7-19)24(35)32-10-12-33(13-11-32)25(36)22(16-34)31-40(38,39)23-9-8-18(27)15-20(23)28;1-20(2,3)29-18(26)21-16(13-24)17(25)22-9-11-23(12-10-22)19(27)28-14-15-7-5-4-6-8-15/h3-9,15,17,21-22,31,34H,10-14,16H2,1-2H3,(H2,29,30,37);4-8,16,24H,9-14H2,1-3H3,(H,21,26)/t21-,22-;16-/m00/s1. The van der Waals surface area contributed by atoms with Crippen molar-refractivity contribution in [2.45, 2.75) is 76.3 Å². The summed E-state index contributed by atoms with van der Waals surface area (Å²) in [6, 6.07) is 18.2. The summed E-state index contributed by atoms with van der Waals surface area (Å²) in [4.78, 5) is 81.3. The van der Waals surface area contributed by atoms with Crippen molar-refractivity contribution in [2.24, 2.45) is 5.92 Å². The number of piperazine rings is 2. The van der Waals surface area contributed by atoms with Crippen molar-refractivity contribution in [1.82, 2.24) is 35.0 Å². The van der Waals surface area contributed by atoms with Gasteiger partial charge in [0, 0.05) is 63.1 Å². The summed E-state index contributed by atoms with van der Waals surface area (Å²) in [7, 11) is -4.24. The number of hydrogen-bond donors (Lipinski definition) is 6. The molecule has 7 amide bonds. The second-order valence-corrected chi connectivity index (χ2v) is 20.0. The molecule has 3 aromatic rings. The van der Waals surface area contributed by atoms with Crippen LogP contribution >= 0.6 is 23.2 Å². The Hall–Kier alpha value is -5.71. The zero-order valence-corrected chi connectivity index (χ0v) is 41.6. The molecule has 20 nitrogen and oxygen atoms in total. The van der Waals surface area contributed by atoms with Crippen LogP contribution in [0.2, 0.25) is 10.0 Å². The summed E-state index contributed by atoms with van der Waals surface area (Å²) in [5, 5.41) is 27.3. The van der Waals surface area contributed by atoms with E-state index in [-0.39, 0.29) is 72.6 Å². The number of aliphatic hydroxyl groups is 2. The molecule has 0 aliphatic carbocycles. The smallest absolute Gasteiger partial charge is 0.410 e. The number of carbonyl (C=O) groups is 6. The van der Waals surface area contributed by atoms with E-state index >= 15 is 0 Å². The first-order chi connectivity index (χ1) is 32.6. The fraction of sp³-hybridized carbons (Fsp3) is 0.478. The molecule has 6 N–H and O–H groups in total. The number of anilines is 1. The topological polar surface area (TPSA) is 257 Å². The monoisotopic (exact) mass is 1020 g/mol. The first-order valence-electron chi connectivity index (χ1n) is 22.2. The Balaban J connectivity index is 0.000000317. The Kier molecular flexibility index (Phi) is 21.3. The van der Waals surface area contributed by atoms with Crippen LogP contribution in [0.4, 0.5) is 20.1 Å². The molecule has 0 saturated carbocycles. The van der Waals surface area contributed by atoms with Gasteiger partial charge in [0.05, 0.1) is 18.2 Å². The maximum absolute atomic E-state index is 13.3. The van der Waals surface area contributed by atoms with Crippen LogP contribution in [0.3, 0.4) is 0 Å². The van der Waals surface area contributed by atoms with E-state index in [0.717, 1.165) is 5.56 Å². The number of ether oxygens (including phenoxy) is 2. The third-order valence-corrected chi connectivity index (χ3v) is 12.6. The average Bonchev–Trinajstić information content (AvgIpc) is 3.31. The van der Waals surface area contributed by atoms with Crippen molar-refractivity contribution in [3.63, 3.8) is 0 Å². The summed E-state index contributed by atoms with van der Waals surface area (Å²) in [6.07, 6.45) is -0.790. The second-order valence-electron chi connectivity index (χ2n) is 17.5. The highest BCUT2D eigenvalue weighted by atomic mass is 35.5. The number of aliphatic hydroxyl groups excluding tert-OH is 2. The van der Waals surface area contributed by atoms with E-state index < -0.39 is 77.0 Å². The zero-order chi connectivity index (χ0) is 50.9. The molecule has 23 heteroatoms. The number of urea groups is 1. The molecule has 69 heavy (non-hydrogen) atoms. The van der Waals surface area contributed by atoms with Crippen molar-refractivity contribution in [3.05, 3.63) is 94.5 Å². The van der Waals surface area contributed by atoms with Gasteiger partial charge in [-0.15, -0.1) is 0 Å². The Morgan fingerprint density at radius 2 is 1.17 bits per heavy atom. The van der Waals surface area contributed by atoms with Crippen LogP contribution in [0, 0.1) is 5.92 Å². The maximum atomic E-state index is 13.3. The Morgan fingerprint density at radius 3 is 1.67 bits per heavy atom. The number of carbonyl (C=O) groups excluding carboxylic acids is 6. The van der Waals surface area contributed by atoms with E-state index in [1.54, 1.807) is 49.9 Å². The van der Waals surface area contributed by atoms with Crippen LogP contribution in [-0.2, 0) is 40.5 Å². The van der Waals surface area contributed by atoms with Crippen LogP contribution < -0.4 is 20.7 Å². The molecule has 2 aliphatic heterocycles. The van der Waals surface area contributed by atoms with Gasteiger partial charge in [0.2, 0.25) is 27.7 Å². The third-order valence-electron chi connectivity index (χ3n) is 10.4. The first-order valence-corrected chi connectivity index (χ1v) is 24.5. The van der Waals surface area contributed by atoms with E-state index in [1.165, 1.54) is 32.9 Å². The normalized spacial score (nSPS) is 15.4. The Labute approximate surface area is 412 Å². The van der Waals surface area contributed by atoms with Gasteiger partial charge in [-0.2, -0.15) is 4.72 Å². The number of para-hydroxylation sites is 1. The average molecular weight is 1020 g/mol. The zero-order valence-electron chi connectivity index (χ0n) is 39.2. The molecule has 5 rings (SSSR count). The van der Waals surface area contributed by atoms with Crippen molar-refractivity contribution >= 4 is 74.9 Å². The number of amides is 7. The van der Waals surface area contributed by atoms with Crippen molar-refractivity contribution < 1.29 is 56.9 Å². The number of sulfonamides is 1. The van der Waals surface area contributed by atoms with Crippen molar-refractivity contribution in [1.29, 1.82) is 0 Å². The van der Waals surface area contributed by atoms with E-state index in [1.807, 2.05) is 50.2 Å². The predicted octanol–water partition coefficient (Wildman–Crippen LogP) is 3.89. The van der Waals surface area contributed by atoms with Gasteiger partial charge in [-0.25, -0.2) is 22.8 Å². The third kappa shape index (κ3) is 18.0. The van der Waals surface area contributed by atoms with Gasteiger partial charge in [0.25, 0.3) is 0 Å². The summed E-state index contributed by atoms with van der Waals surface area (Å²) in [5.74, 6) is -1.21.